The van der Waals surface area contributed by atoms with Crippen molar-refractivity contribution >= 4 is 37.8 Å². The Labute approximate surface area is 81.3 Å². The molecule has 0 aromatic rings. The minimum atomic E-state index is -5.22. The molecule has 0 rings (SSSR count). The number of hydrogen-bond donors (Lipinski definition) is 5. The van der Waals surface area contributed by atoms with Crippen molar-refractivity contribution in [2.24, 2.45) is 0 Å². The van der Waals surface area contributed by atoms with E-state index in [4.69, 9.17) is 24.7 Å². The quantitative estimate of drug-likeness (QED) is 0.265. The summed E-state index contributed by atoms with van der Waals surface area (Å²) in [6.07, 6.45) is 0. The van der Waals surface area contributed by atoms with Crippen molar-refractivity contribution in [1.82, 2.24) is 0 Å². The Balaban J connectivity index is 5.25. The van der Waals surface area contributed by atoms with Gasteiger partial charge in [-0.25, -0.2) is 0 Å². The van der Waals surface area contributed by atoms with Crippen molar-refractivity contribution in [3.8, 4) is 0 Å². The van der Waals surface area contributed by atoms with Crippen LogP contribution in [0.2, 0.25) is 0 Å². The maximum Gasteiger partial charge on any atom is 0.370 e. The first-order valence-electron chi connectivity index (χ1n) is 2.46. The number of rotatable bonds is 3. The lowest BCUT2D eigenvalue weighted by Crippen LogP contribution is -2.30. The van der Waals surface area contributed by atoms with E-state index in [1.807, 2.05) is 0 Å². The number of hydrogen-bond acceptors (Lipinski definition) is 3. The maximum atomic E-state index is 10.5. The Morgan fingerprint density at radius 3 is 1.33 bits per heavy atom. The third-order valence-electron chi connectivity index (χ3n) is 1.11. The molecule has 0 spiro atoms. The van der Waals surface area contributed by atoms with Crippen LogP contribution >= 0.6 is 37.8 Å². The van der Waals surface area contributed by atoms with Crippen LogP contribution < -0.4 is 0 Å². The minimum absolute atomic E-state index is 0.751. The molecule has 10 heteroatoms. The Morgan fingerprint density at radius 2 is 1.33 bits per heavy atom. The molecule has 74 valence electrons. The van der Waals surface area contributed by atoms with E-state index in [0.717, 1.165) is 0 Å². The summed E-state index contributed by atoms with van der Waals surface area (Å²) in [6, 6.07) is 0. The smallest absolute Gasteiger partial charge is 0.367 e. The van der Waals surface area contributed by atoms with Crippen molar-refractivity contribution in [3.63, 3.8) is 0 Å². The van der Waals surface area contributed by atoms with Gasteiger partial charge in [0.25, 0.3) is 5.08 Å². The molecule has 0 aliphatic rings. The summed E-state index contributed by atoms with van der Waals surface area (Å²) in [7, 11) is -10.4. The second kappa shape index (κ2) is 3.62. The van der Waals surface area contributed by atoms with Gasteiger partial charge in [0.1, 0.15) is 0 Å². The molecule has 0 aliphatic heterocycles. The van der Waals surface area contributed by atoms with Gasteiger partial charge in [0.05, 0.1) is 4.43 Å². The zero-order valence-electron chi connectivity index (χ0n) is 5.53. The Kier molecular flexibility index (Phi) is 3.92. The molecular formula is C2H7IO7P2. The molecule has 0 atom stereocenters. The van der Waals surface area contributed by atoms with Crippen LogP contribution in [0.1, 0.15) is 0 Å². The van der Waals surface area contributed by atoms with E-state index in [9.17, 15) is 9.13 Å². The maximum absolute atomic E-state index is 10.5. The van der Waals surface area contributed by atoms with E-state index in [1.54, 1.807) is 0 Å². The highest BCUT2D eigenvalue weighted by Crippen LogP contribution is 2.67. The second-order valence-corrected chi connectivity index (χ2v) is 6.77. The molecule has 0 amide bonds. The highest BCUT2D eigenvalue weighted by atomic mass is 127. The van der Waals surface area contributed by atoms with E-state index in [-0.39, 0.29) is 0 Å². The normalized spacial score (nSPS) is 14.8. The van der Waals surface area contributed by atoms with Crippen LogP contribution in [0.15, 0.2) is 0 Å². The summed E-state index contributed by atoms with van der Waals surface area (Å²) in [6.45, 7) is 0. The fourth-order valence-corrected chi connectivity index (χ4v) is 4.66. The highest BCUT2D eigenvalue weighted by molar-refractivity contribution is 14.1. The fourth-order valence-electron chi connectivity index (χ4n) is 0.325. The van der Waals surface area contributed by atoms with Gasteiger partial charge in [-0.2, -0.15) is 0 Å². The second-order valence-electron chi connectivity index (χ2n) is 2.00. The fraction of sp³-hybridized carbons (Fsp3) is 1.00. The lowest BCUT2D eigenvalue weighted by molar-refractivity contribution is 0.152. The van der Waals surface area contributed by atoms with Gasteiger partial charge < -0.3 is 24.7 Å². The van der Waals surface area contributed by atoms with Gasteiger partial charge in [-0.05, 0) is 0 Å². The molecule has 0 aliphatic carbocycles. The lowest BCUT2D eigenvalue weighted by Gasteiger charge is -2.26. The van der Waals surface area contributed by atoms with Gasteiger partial charge in [-0.1, -0.05) is 22.6 Å². The monoisotopic (exact) mass is 332 g/mol. The molecule has 12 heavy (non-hydrogen) atoms. The van der Waals surface area contributed by atoms with Gasteiger partial charge >= 0.3 is 15.2 Å². The van der Waals surface area contributed by atoms with Gasteiger partial charge in [-0.3, -0.25) is 9.13 Å². The summed E-state index contributed by atoms with van der Waals surface area (Å²) >= 11 is 1.28. The first-order chi connectivity index (χ1) is 5.06. The average Bonchev–Trinajstić information content (AvgIpc) is 1.81. The predicted octanol–water partition coefficient (Wildman–Crippen LogP) is -0.577. The number of aliphatic hydroxyl groups is 1. The summed E-state index contributed by atoms with van der Waals surface area (Å²) in [5.41, 5.74) is 0. The molecule has 0 unspecified atom stereocenters. The highest BCUT2D eigenvalue weighted by Gasteiger charge is 2.58. The molecule has 0 fully saturated rings. The molecule has 5 N–H and O–H groups in total. The first kappa shape index (κ1) is 13.0. The van der Waals surface area contributed by atoms with Crippen molar-refractivity contribution in [2.75, 3.05) is 4.43 Å². The zero-order chi connectivity index (χ0) is 10.2. The van der Waals surface area contributed by atoms with Crippen LogP contribution in [-0.4, -0.2) is 34.2 Å². The molecule has 0 heterocycles. The molecule has 0 bridgehead atoms. The third kappa shape index (κ3) is 2.27. The Bertz CT molecular complexity index is 228. The van der Waals surface area contributed by atoms with Crippen molar-refractivity contribution < 1.29 is 33.8 Å². The van der Waals surface area contributed by atoms with Crippen LogP contribution in [0.25, 0.3) is 0 Å². The van der Waals surface area contributed by atoms with Gasteiger partial charge in [-0.15, -0.1) is 0 Å². The minimum Gasteiger partial charge on any atom is -0.367 e. The van der Waals surface area contributed by atoms with Crippen molar-refractivity contribution in [1.29, 1.82) is 0 Å². The van der Waals surface area contributed by atoms with Crippen LogP contribution in [0.4, 0.5) is 0 Å². The summed E-state index contributed by atoms with van der Waals surface area (Å²) in [5.74, 6) is 0. The zero-order valence-corrected chi connectivity index (χ0v) is 9.48. The molecule has 0 aromatic heterocycles. The van der Waals surface area contributed by atoms with Crippen LogP contribution in [0, 0.1) is 0 Å². The molecule has 0 radical (unpaired) electrons. The predicted molar refractivity (Wildman–Crippen MR) is 47.9 cm³/mol. The van der Waals surface area contributed by atoms with Crippen molar-refractivity contribution in [3.05, 3.63) is 0 Å². The van der Waals surface area contributed by atoms with Gasteiger partial charge in [0.2, 0.25) is 0 Å². The van der Waals surface area contributed by atoms with E-state index >= 15 is 0 Å². The standard InChI is InChI=1S/C2H7IO7P2/c3-1-2(4,11(5,6)7)12(8,9)10/h4H,1H2,(H2,5,6,7)(H2,8,9,10). The third-order valence-corrected chi connectivity index (χ3v) is 7.17. The largest absolute Gasteiger partial charge is 0.370 e. The van der Waals surface area contributed by atoms with E-state index in [0.29, 0.717) is 0 Å². The van der Waals surface area contributed by atoms with Gasteiger partial charge in [0, 0.05) is 0 Å². The number of halogens is 1. The Morgan fingerprint density at radius 1 is 1.08 bits per heavy atom. The topological polar surface area (TPSA) is 135 Å². The molecule has 0 saturated heterocycles. The van der Waals surface area contributed by atoms with Crippen molar-refractivity contribution in [2.45, 2.75) is 5.08 Å². The Hall–Kier alpha value is 0.990. The van der Waals surface area contributed by atoms with E-state index < -0.39 is 24.7 Å². The first-order valence-corrected chi connectivity index (χ1v) is 7.21. The van der Waals surface area contributed by atoms with Crippen LogP contribution in [-0.2, 0) is 9.13 Å². The summed E-state index contributed by atoms with van der Waals surface area (Å²) in [4.78, 5) is 33.7. The van der Waals surface area contributed by atoms with Gasteiger partial charge in [0.15, 0.2) is 0 Å². The molecule has 0 saturated carbocycles. The molecule has 7 nitrogen and oxygen atoms in total. The van der Waals surface area contributed by atoms with E-state index in [1.165, 1.54) is 22.6 Å². The molecule has 0 aromatic carbocycles. The van der Waals surface area contributed by atoms with Crippen LogP contribution in [0.5, 0.6) is 0 Å². The number of alkyl halides is 1. The average molecular weight is 332 g/mol. The van der Waals surface area contributed by atoms with Crippen LogP contribution in [0.3, 0.4) is 0 Å². The summed E-state index contributed by atoms with van der Waals surface area (Å²) < 4.78 is 20.2. The SMILES string of the molecule is O=P(O)(O)C(O)(CI)P(=O)(O)O. The summed E-state index contributed by atoms with van der Waals surface area (Å²) in [5, 5.41) is 5.70. The van der Waals surface area contributed by atoms with E-state index in [2.05, 4.69) is 0 Å². The lowest BCUT2D eigenvalue weighted by atomic mass is 10.8. The molecular weight excluding hydrogens is 325 g/mol.